The highest BCUT2D eigenvalue weighted by atomic mass is 15.2. The van der Waals surface area contributed by atoms with Crippen molar-refractivity contribution in [3.63, 3.8) is 0 Å². The van der Waals surface area contributed by atoms with Gasteiger partial charge in [0.1, 0.15) is 11.9 Å². The van der Waals surface area contributed by atoms with Gasteiger partial charge in [-0.2, -0.15) is 5.26 Å². The summed E-state index contributed by atoms with van der Waals surface area (Å²) in [5, 5.41) is 9.16. The number of piperidine rings is 1. The van der Waals surface area contributed by atoms with Gasteiger partial charge < -0.3 is 4.90 Å². The Morgan fingerprint density at radius 1 is 1.39 bits per heavy atom. The fourth-order valence-electron chi connectivity index (χ4n) is 2.71. The molecule has 1 aliphatic heterocycles. The van der Waals surface area contributed by atoms with E-state index in [-0.39, 0.29) is 0 Å². The average molecular weight is 243 g/mol. The molecule has 0 unspecified atom stereocenters. The summed E-state index contributed by atoms with van der Waals surface area (Å²) < 4.78 is 0. The van der Waals surface area contributed by atoms with Gasteiger partial charge in [0.25, 0.3) is 0 Å². The summed E-state index contributed by atoms with van der Waals surface area (Å²) >= 11 is 0. The molecule has 1 saturated heterocycles. The molecule has 1 fully saturated rings. The smallest absolute Gasteiger partial charge is 0.146 e. The van der Waals surface area contributed by atoms with Crippen LogP contribution in [0.4, 0.5) is 5.82 Å². The Kier molecular flexibility index (Phi) is 4.19. The largest absolute Gasteiger partial charge is 0.355 e. The molecule has 2 rings (SSSR count). The van der Waals surface area contributed by atoms with Crippen molar-refractivity contribution in [2.45, 2.75) is 39.5 Å². The maximum absolute atomic E-state index is 9.16. The summed E-state index contributed by atoms with van der Waals surface area (Å²) in [6.45, 7) is 6.31. The molecule has 96 valence electrons. The molecule has 1 aromatic heterocycles. The zero-order chi connectivity index (χ0) is 13.0. The SMILES string of the molecule is CCCC1CCN(c2nc(C)ccc2C#N)CC1. The van der Waals surface area contributed by atoms with Crippen LogP contribution in [-0.2, 0) is 0 Å². The van der Waals surface area contributed by atoms with E-state index in [4.69, 9.17) is 5.26 Å². The van der Waals surface area contributed by atoms with Crippen LogP contribution in [0.15, 0.2) is 12.1 Å². The molecule has 0 saturated carbocycles. The van der Waals surface area contributed by atoms with Gasteiger partial charge in [-0.3, -0.25) is 0 Å². The number of nitriles is 1. The lowest BCUT2D eigenvalue weighted by Gasteiger charge is -2.33. The van der Waals surface area contributed by atoms with Gasteiger partial charge in [0.05, 0.1) is 5.56 Å². The van der Waals surface area contributed by atoms with E-state index >= 15 is 0 Å². The van der Waals surface area contributed by atoms with Crippen LogP contribution >= 0.6 is 0 Å². The molecule has 1 aromatic rings. The highest BCUT2D eigenvalue weighted by Crippen LogP contribution is 2.26. The molecule has 0 N–H and O–H groups in total. The van der Waals surface area contributed by atoms with Crippen molar-refractivity contribution in [1.29, 1.82) is 5.26 Å². The predicted molar refractivity (Wildman–Crippen MR) is 73.5 cm³/mol. The van der Waals surface area contributed by atoms with Gasteiger partial charge in [-0.15, -0.1) is 0 Å². The summed E-state index contributed by atoms with van der Waals surface area (Å²) in [6.07, 6.45) is 5.07. The molecule has 0 aromatic carbocycles. The molecule has 3 nitrogen and oxygen atoms in total. The van der Waals surface area contributed by atoms with Crippen LogP contribution in [0.1, 0.15) is 43.9 Å². The van der Waals surface area contributed by atoms with Crippen molar-refractivity contribution in [2.75, 3.05) is 18.0 Å². The van der Waals surface area contributed by atoms with Gasteiger partial charge in [0, 0.05) is 18.8 Å². The molecule has 18 heavy (non-hydrogen) atoms. The zero-order valence-corrected chi connectivity index (χ0v) is 11.3. The van der Waals surface area contributed by atoms with Gasteiger partial charge >= 0.3 is 0 Å². The molecule has 0 aliphatic carbocycles. The number of anilines is 1. The lowest BCUT2D eigenvalue weighted by Crippen LogP contribution is -2.34. The normalized spacial score (nSPS) is 16.6. The second kappa shape index (κ2) is 5.86. The monoisotopic (exact) mass is 243 g/mol. The molecular formula is C15H21N3. The van der Waals surface area contributed by atoms with Crippen LogP contribution in [0.25, 0.3) is 0 Å². The van der Waals surface area contributed by atoms with Crippen LogP contribution in [0.5, 0.6) is 0 Å². The summed E-state index contributed by atoms with van der Waals surface area (Å²) in [4.78, 5) is 6.82. The van der Waals surface area contributed by atoms with Crippen LogP contribution in [0.3, 0.4) is 0 Å². The number of aromatic nitrogens is 1. The molecule has 0 amide bonds. The van der Waals surface area contributed by atoms with Crippen LogP contribution in [0, 0.1) is 24.2 Å². The standard InChI is InChI=1S/C15H21N3/c1-3-4-13-7-9-18(10-8-13)15-14(11-16)6-5-12(2)17-15/h5-6,13H,3-4,7-10H2,1-2H3. The van der Waals surface area contributed by atoms with Crippen molar-refractivity contribution in [3.8, 4) is 6.07 Å². The number of pyridine rings is 1. The van der Waals surface area contributed by atoms with E-state index in [9.17, 15) is 0 Å². The van der Waals surface area contributed by atoms with Crippen LogP contribution < -0.4 is 4.90 Å². The number of hydrogen-bond donors (Lipinski definition) is 0. The maximum atomic E-state index is 9.16. The third-order valence-electron chi connectivity index (χ3n) is 3.75. The Balaban J connectivity index is 2.10. The van der Waals surface area contributed by atoms with Gasteiger partial charge in [-0.1, -0.05) is 19.8 Å². The van der Waals surface area contributed by atoms with Gasteiger partial charge in [-0.05, 0) is 37.8 Å². The Hall–Kier alpha value is -1.56. The minimum absolute atomic E-state index is 0.703. The topological polar surface area (TPSA) is 39.9 Å². The fraction of sp³-hybridized carbons (Fsp3) is 0.600. The van der Waals surface area contributed by atoms with E-state index in [1.807, 2.05) is 19.1 Å². The van der Waals surface area contributed by atoms with E-state index < -0.39 is 0 Å². The molecular weight excluding hydrogens is 222 g/mol. The van der Waals surface area contributed by atoms with Gasteiger partial charge in [0.2, 0.25) is 0 Å². The van der Waals surface area contributed by atoms with Crippen molar-refractivity contribution < 1.29 is 0 Å². The summed E-state index contributed by atoms with van der Waals surface area (Å²) in [5.74, 6) is 1.74. The molecule has 0 bridgehead atoms. The van der Waals surface area contributed by atoms with Crippen LogP contribution in [0.2, 0.25) is 0 Å². The highest BCUT2D eigenvalue weighted by molar-refractivity contribution is 5.54. The average Bonchev–Trinajstić information content (AvgIpc) is 2.40. The zero-order valence-electron chi connectivity index (χ0n) is 11.3. The Morgan fingerprint density at radius 2 is 2.11 bits per heavy atom. The highest BCUT2D eigenvalue weighted by Gasteiger charge is 2.21. The summed E-state index contributed by atoms with van der Waals surface area (Å²) in [6, 6.07) is 6.05. The quantitative estimate of drug-likeness (QED) is 0.818. The van der Waals surface area contributed by atoms with Crippen molar-refractivity contribution in [3.05, 3.63) is 23.4 Å². The lowest BCUT2D eigenvalue weighted by molar-refractivity contribution is 0.377. The van der Waals surface area contributed by atoms with Crippen molar-refractivity contribution in [2.24, 2.45) is 5.92 Å². The lowest BCUT2D eigenvalue weighted by atomic mass is 9.92. The summed E-state index contributed by atoms with van der Waals surface area (Å²) in [5.41, 5.74) is 1.69. The third kappa shape index (κ3) is 2.81. The fourth-order valence-corrected chi connectivity index (χ4v) is 2.71. The Bertz CT molecular complexity index is 440. The maximum Gasteiger partial charge on any atom is 0.146 e. The van der Waals surface area contributed by atoms with Gasteiger partial charge in [-0.25, -0.2) is 4.98 Å². The molecule has 0 radical (unpaired) electrons. The number of rotatable bonds is 3. The first kappa shape index (κ1) is 12.9. The molecule has 3 heteroatoms. The van der Waals surface area contributed by atoms with E-state index in [1.54, 1.807) is 0 Å². The van der Waals surface area contributed by atoms with E-state index in [2.05, 4.69) is 22.9 Å². The Morgan fingerprint density at radius 3 is 2.72 bits per heavy atom. The minimum atomic E-state index is 0.703. The van der Waals surface area contributed by atoms with E-state index in [1.165, 1.54) is 25.7 Å². The van der Waals surface area contributed by atoms with Crippen molar-refractivity contribution in [1.82, 2.24) is 4.98 Å². The molecule has 2 heterocycles. The second-order valence-electron chi connectivity index (χ2n) is 5.15. The van der Waals surface area contributed by atoms with Crippen LogP contribution in [-0.4, -0.2) is 18.1 Å². The molecule has 0 spiro atoms. The minimum Gasteiger partial charge on any atom is -0.355 e. The van der Waals surface area contributed by atoms with Gasteiger partial charge in [0.15, 0.2) is 0 Å². The summed E-state index contributed by atoms with van der Waals surface area (Å²) in [7, 11) is 0. The van der Waals surface area contributed by atoms with E-state index in [0.29, 0.717) is 5.56 Å². The first-order chi connectivity index (χ1) is 8.74. The Labute approximate surface area is 109 Å². The first-order valence-electron chi connectivity index (χ1n) is 6.87. The first-order valence-corrected chi connectivity index (χ1v) is 6.87. The molecule has 1 aliphatic rings. The predicted octanol–water partition coefficient (Wildman–Crippen LogP) is 3.28. The van der Waals surface area contributed by atoms with E-state index in [0.717, 1.165) is 30.5 Å². The number of hydrogen-bond acceptors (Lipinski definition) is 3. The number of nitrogens with zero attached hydrogens (tertiary/aromatic N) is 3. The molecule has 0 atom stereocenters. The number of aryl methyl sites for hydroxylation is 1. The van der Waals surface area contributed by atoms with Crippen molar-refractivity contribution >= 4 is 5.82 Å². The third-order valence-corrected chi connectivity index (χ3v) is 3.75. The second-order valence-corrected chi connectivity index (χ2v) is 5.15.